The standard InChI is InChI=1S/C46H76NO11P/c1-3-5-7-8-9-10-11-12-13-14-18-21-24-27-31-35-44(48)54-37-40(38-55-59(52,53)56-39-41(47)46(50)51)57-45(49)36-32-28-25-22-19-16-15-17-20-23-26-30-34-43-42(58-43)33-29-6-4-2/h6,12-13,16-17,19-20,25-26,28-30,40-43H,3-5,7-11,14-15,18,21-24,27,31-39,47H2,1-2H3,(H,50,51)(H,52,53)/b13-12-,19-16-,20-17-,28-25-,29-6-,30-26-. The summed E-state index contributed by atoms with van der Waals surface area (Å²) < 4.78 is 38.3. The van der Waals surface area contributed by atoms with E-state index in [4.69, 9.17) is 29.6 Å². The van der Waals surface area contributed by atoms with Crippen molar-refractivity contribution in [1.82, 2.24) is 0 Å². The lowest BCUT2D eigenvalue weighted by Crippen LogP contribution is -2.34. The number of nitrogens with two attached hydrogens (primary N) is 1. The van der Waals surface area contributed by atoms with E-state index in [2.05, 4.69) is 73.1 Å². The number of carbonyl (C=O) groups excluding carboxylic acids is 2. The normalized spacial score (nSPS) is 17.8. The molecule has 336 valence electrons. The van der Waals surface area contributed by atoms with Crippen molar-refractivity contribution in [2.75, 3.05) is 19.8 Å². The first-order chi connectivity index (χ1) is 28.6. The number of phosphoric ester groups is 1. The number of unbranched alkanes of at least 4 members (excludes halogenated alkanes) is 11. The van der Waals surface area contributed by atoms with Crippen molar-refractivity contribution in [2.45, 2.75) is 179 Å². The van der Waals surface area contributed by atoms with E-state index in [1.165, 1.54) is 38.5 Å². The molecule has 1 aliphatic rings. The monoisotopic (exact) mass is 850 g/mol. The number of hydrogen-bond donors (Lipinski definition) is 3. The van der Waals surface area contributed by atoms with Gasteiger partial charge in [0.15, 0.2) is 6.10 Å². The molecular formula is C46H76NO11P. The largest absolute Gasteiger partial charge is 0.480 e. The number of epoxide rings is 1. The van der Waals surface area contributed by atoms with Crippen LogP contribution in [0, 0.1) is 0 Å². The quantitative estimate of drug-likeness (QED) is 0.0175. The molecule has 0 aromatic carbocycles. The number of hydrogen-bond acceptors (Lipinski definition) is 10. The zero-order chi connectivity index (χ0) is 43.2. The van der Waals surface area contributed by atoms with Crippen LogP contribution in [0.1, 0.15) is 155 Å². The molecule has 0 radical (unpaired) electrons. The first-order valence-electron chi connectivity index (χ1n) is 22.1. The Balaban J connectivity index is 2.34. The summed E-state index contributed by atoms with van der Waals surface area (Å²) in [6.07, 6.45) is 45.9. The number of aliphatic carboxylic acids is 1. The molecule has 0 aromatic rings. The Morgan fingerprint density at radius 1 is 0.627 bits per heavy atom. The molecule has 13 heteroatoms. The Kier molecular flexibility index (Phi) is 33.5. The second kappa shape index (κ2) is 36.7. The van der Waals surface area contributed by atoms with Gasteiger partial charge in [-0.1, -0.05) is 138 Å². The van der Waals surface area contributed by atoms with Crippen LogP contribution in [0.15, 0.2) is 72.9 Å². The van der Waals surface area contributed by atoms with E-state index in [0.29, 0.717) is 31.5 Å². The molecule has 1 fully saturated rings. The summed E-state index contributed by atoms with van der Waals surface area (Å²) in [5.74, 6) is -2.51. The smallest absolute Gasteiger partial charge is 0.472 e. The van der Waals surface area contributed by atoms with Crippen LogP contribution in [0.5, 0.6) is 0 Å². The maximum Gasteiger partial charge on any atom is 0.472 e. The lowest BCUT2D eigenvalue weighted by atomic mass is 10.1. The lowest BCUT2D eigenvalue weighted by molar-refractivity contribution is -0.161. The minimum atomic E-state index is -4.75. The molecule has 12 nitrogen and oxygen atoms in total. The van der Waals surface area contributed by atoms with Gasteiger partial charge in [-0.15, -0.1) is 0 Å². The highest BCUT2D eigenvalue weighted by Gasteiger charge is 2.36. The maximum atomic E-state index is 12.6. The van der Waals surface area contributed by atoms with E-state index < -0.39 is 51.1 Å². The van der Waals surface area contributed by atoms with Crippen LogP contribution in [0.4, 0.5) is 0 Å². The topological polar surface area (TPSA) is 184 Å². The van der Waals surface area contributed by atoms with Gasteiger partial charge in [-0.2, -0.15) is 0 Å². The Hall–Kier alpha value is -3.12. The molecule has 1 aliphatic heterocycles. The number of carboxylic acids is 1. The predicted molar refractivity (Wildman–Crippen MR) is 235 cm³/mol. The van der Waals surface area contributed by atoms with Gasteiger partial charge in [0.25, 0.3) is 0 Å². The van der Waals surface area contributed by atoms with Gasteiger partial charge in [-0.25, -0.2) is 4.57 Å². The van der Waals surface area contributed by atoms with Gasteiger partial charge in [-0.05, 0) is 77.0 Å². The number of esters is 2. The second-order valence-corrected chi connectivity index (χ2v) is 16.3. The Labute approximate surface area is 355 Å². The number of carbonyl (C=O) groups is 3. The molecule has 59 heavy (non-hydrogen) atoms. The van der Waals surface area contributed by atoms with Crippen LogP contribution in [0.2, 0.25) is 0 Å². The van der Waals surface area contributed by atoms with Crippen LogP contribution in [-0.4, -0.2) is 72.1 Å². The van der Waals surface area contributed by atoms with Gasteiger partial charge in [-0.3, -0.25) is 23.4 Å². The van der Waals surface area contributed by atoms with Crippen LogP contribution < -0.4 is 5.73 Å². The van der Waals surface area contributed by atoms with Crippen molar-refractivity contribution >= 4 is 25.7 Å². The zero-order valence-corrected chi connectivity index (χ0v) is 36.9. The molecule has 0 bridgehead atoms. The molecule has 4 N–H and O–H groups in total. The van der Waals surface area contributed by atoms with Crippen molar-refractivity contribution in [3.05, 3.63) is 72.9 Å². The highest BCUT2D eigenvalue weighted by atomic mass is 31.2. The average Bonchev–Trinajstić information content (AvgIpc) is 3.97. The number of carboxylic acid groups (broad SMARTS) is 1. The van der Waals surface area contributed by atoms with Crippen LogP contribution in [0.3, 0.4) is 0 Å². The van der Waals surface area contributed by atoms with Gasteiger partial charge in [0.05, 0.1) is 25.4 Å². The fourth-order valence-electron chi connectivity index (χ4n) is 5.77. The van der Waals surface area contributed by atoms with Gasteiger partial charge < -0.3 is 29.9 Å². The molecule has 1 heterocycles. The van der Waals surface area contributed by atoms with Gasteiger partial charge in [0, 0.05) is 12.8 Å². The third-order valence-electron chi connectivity index (χ3n) is 9.35. The summed E-state index contributed by atoms with van der Waals surface area (Å²) >= 11 is 0. The zero-order valence-electron chi connectivity index (χ0n) is 36.0. The summed E-state index contributed by atoms with van der Waals surface area (Å²) in [7, 11) is -4.75. The van der Waals surface area contributed by atoms with Crippen molar-refractivity contribution in [1.29, 1.82) is 0 Å². The van der Waals surface area contributed by atoms with E-state index in [0.717, 1.165) is 70.6 Å². The van der Waals surface area contributed by atoms with Gasteiger partial charge >= 0.3 is 25.7 Å². The minimum absolute atomic E-state index is 0.0278. The summed E-state index contributed by atoms with van der Waals surface area (Å²) in [6, 6.07) is -1.54. The third kappa shape index (κ3) is 34.3. The highest BCUT2D eigenvalue weighted by molar-refractivity contribution is 7.47. The van der Waals surface area contributed by atoms with E-state index in [-0.39, 0.29) is 19.4 Å². The number of allylic oxidation sites excluding steroid dienone is 10. The van der Waals surface area contributed by atoms with Crippen molar-refractivity contribution in [3.8, 4) is 0 Å². The van der Waals surface area contributed by atoms with Gasteiger partial charge in [0.2, 0.25) is 0 Å². The molecule has 0 spiro atoms. The summed E-state index contributed by atoms with van der Waals surface area (Å²) in [4.78, 5) is 45.9. The molecule has 0 aromatic heterocycles. The summed E-state index contributed by atoms with van der Waals surface area (Å²) in [6.45, 7) is 2.58. The second-order valence-electron chi connectivity index (χ2n) is 14.8. The molecule has 5 atom stereocenters. The van der Waals surface area contributed by atoms with E-state index in [1.807, 2.05) is 18.2 Å². The van der Waals surface area contributed by atoms with E-state index >= 15 is 0 Å². The Bertz CT molecular complexity index is 1340. The maximum absolute atomic E-state index is 12.6. The number of ether oxygens (including phenoxy) is 3. The molecule has 0 saturated carbocycles. The summed E-state index contributed by atoms with van der Waals surface area (Å²) in [5.41, 5.74) is 5.33. The highest BCUT2D eigenvalue weighted by Crippen LogP contribution is 2.43. The molecule has 1 saturated heterocycles. The van der Waals surface area contributed by atoms with Crippen LogP contribution >= 0.6 is 7.82 Å². The van der Waals surface area contributed by atoms with Crippen molar-refractivity contribution in [3.63, 3.8) is 0 Å². The van der Waals surface area contributed by atoms with E-state index in [1.54, 1.807) is 0 Å². The number of phosphoric acid groups is 1. The van der Waals surface area contributed by atoms with Crippen LogP contribution in [0.25, 0.3) is 0 Å². The van der Waals surface area contributed by atoms with E-state index in [9.17, 15) is 23.8 Å². The fourth-order valence-corrected chi connectivity index (χ4v) is 6.55. The fraction of sp³-hybridized carbons (Fsp3) is 0.674. The average molecular weight is 850 g/mol. The summed E-state index contributed by atoms with van der Waals surface area (Å²) in [5, 5.41) is 8.89. The lowest BCUT2D eigenvalue weighted by Gasteiger charge is -2.20. The van der Waals surface area contributed by atoms with Crippen molar-refractivity contribution < 1.29 is 52.2 Å². The molecular weight excluding hydrogens is 773 g/mol. The number of rotatable bonds is 39. The first-order valence-corrected chi connectivity index (χ1v) is 23.6. The Morgan fingerprint density at radius 3 is 1.73 bits per heavy atom. The SMILES string of the molecule is CC/C=C\CC1OC1C/C=C\C/C=C\C/C=C\C/C=C\CCC(=O)OC(COC(=O)CCCCCCC/C=C\CCCCCCCC)COP(=O)(O)OCC(N)C(=O)O. The molecule has 5 unspecified atom stereocenters. The van der Waals surface area contributed by atoms with Gasteiger partial charge in [0.1, 0.15) is 12.6 Å². The minimum Gasteiger partial charge on any atom is -0.480 e. The van der Waals surface area contributed by atoms with Crippen LogP contribution in [-0.2, 0) is 42.2 Å². The van der Waals surface area contributed by atoms with Crippen molar-refractivity contribution in [2.24, 2.45) is 5.73 Å². The first kappa shape index (κ1) is 53.9. The predicted octanol–water partition coefficient (Wildman–Crippen LogP) is 10.7. The Morgan fingerprint density at radius 2 is 1.14 bits per heavy atom. The third-order valence-corrected chi connectivity index (χ3v) is 10.3. The molecule has 0 amide bonds. The molecule has 0 aliphatic carbocycles. The molecule has 1 rings (SSSR count).